The Balaban J connectivity index is 1.82. The topological polar surface area (TPSA) is 64.3 Å². The summed E-state index contributed by atoms with van der Waals surface area (Å²) in [6.07, 6.45) is 3.42. The van der Waals surface area contributed by atoms with Gasteiger partial charge in [0.05, 0.1) is 6.04 Å². The molecule has 4 nitrogen and oxygen atoms in total. The molecule has 4 heteroatoms. The molecule has 1 aliphatic carbocycles. The zero-order chi connectivity index (χ0) is 10.2. The van der Waals surface area contributed by atoms with Crippen molar-refractivity contribution >= 4 is 5.91 Å². The summed E-state index contributed by atoms with van der Waals surface area (Å²) in [6.45, 7) is 3.56. The summed E-state index contributed by atoms with van der Waals surface area (Å²) >= 11 is 0. The van der Waals surface area contributed by atoms with Crippen LogP contribution in [0.2, 0.25) is 0 Å². The van der Waals surface area contributed by atoms with Gasteiger partial charge in [-0.3, -0.25) is 4.79 Å². The Morgan fingerprint density at radius 3 is 2.79 bits per heavy atom. The van der Waals surface area contributed by atoms with E-state index < -0.39 is 0 Å². The Hall–Kier alpha value is -0.610. The first-order valence-corrected chi connectivity index (χ1v) is 5.27. The maximum absolute atomic E-state index is 10.9. The van der Waals surface area contributed by atoms with Crippen molar-refractivity contribution in [3.05, 3.63) is 0 Å². The van der Waals surface area contributed by atoms with Gasteiger partial charge in [0.15, 0.2) is 0 Å². The van der Waals surface area contributed by atoms with Gasteiger partial charge in [-0.2, -0.15) is 0 Å². The van der Waals surface area contributed by atoms with Crippen LogP contribution in [0.25, 0.3) is 0 Å². The Morgan fingerprint density at radius 2 is 2.21 bits per heavy atom. The summed E-state index contributed by atoms with van der Waals surface area (Å²) < 4.78 is 5.33. The molecule has 2 fully saturated rings. The maximum atomic E-state index is 10.9. The molecule has 2 atom stereocenters. The largest absolute Gasteiger partial charge is 0.381 e. The molecule has 2 aliphatic rings. The minimum atomic E-state index is -0.265. The SMILES string of the molecule is CC(NC1CC12CCOCC2)C(N)=O. The van der Waals surface area contributed by atoms with Gasteiger partial charge in [-0.05, 0) is 31.6 Å². The van der Waals surface area contributed by atoms with Gasteiger partial charge in [0.1, 0.15) is 0 Å². The molecule has 0 bridgehead atoms. The first-order valence-electron chi connectivity index (χ1n) is 5.27. The van der Waals surface area contributed by atoms with Crippen LogP contribution in [0.3, 0.4) is 0 Å². The molecule has 1 saturated carbocycles. The van der Waals surface area contributed by atoms with E-state index in [-0.39, 0.29) is 11.9 Å². The highest BCUT2D eigenvalue weighted by Crippen LogP contribution is 2.53. The van der Waals surface area contributed by atoms with Crippen LogP contribution in [0, 0.1) is 5.41 Å². The molecule has 0 aromatic rings. The number of ether oxygens (including phenoxy) is 1. The third-order valence-electron chi connectivity index (χ3n) is 3.56. The number of primary amides is 1. The molecule has 3 N–H and O–H groups in total. The van der Waals surface area contributed by atoms with Crippen molar-refractivity contribution in [1.82, 2.24) is 5.32 Å². The van der Waals surface area contributed by atoms with Crippen molar-refractivity contribution in [3.8, 4) is 0 Å². The molecule has 80 valence electrons. The normalized spacial score (nSPS) is 31.4. The lowest BCUT2D eigenvalue weighted by molar-refractivity contribution is -0.119. The van der Waals surface area contributed by atoms with Crippen LogP contribution in [0.5, 0.6) is 0 Å². The number of rotatable bonds is 3. The molecule has 1 heterocycles. The van der Waals surface area contributed by atoms with Crippen molar-refractivity contribution in [2.75, 3.05) is 13.2 Å². The Bertz CT molecular complexity index is 236. The first-order chi connectivity index (χ1) is 6.64. The summed E-state index contributed by atoms with van der Waals surface area (Å²) in [4.78, 5) is 10.9. The number of hydrogen-bond donors (Lipinski definition) is 2. The van der Waals surface area contributed by atoms with E-state index in [1.54, 1.807) is 0 Å². The third kappa shape index (κ3) is 1.77. The molecule has 0 aromatic heterocycles. The van der Waals surface area contributed by atoms with Crippen molar-refractivity contribution in [2.45, 2.75) is 38.3 Å². The molecule has 2 rings (SSSR count). The lowest BCUT2D eigenvalue weighted by atomic mass is 9.96. The van der Waals surface area contributed by atoms with E-state index in [9.17, 15) is 4.79 Å². The maximum Gasteiger partial charge on any atom is 0.234 e. The molecule has 0 aromatic carbocycles. The Morgan fingerprint density at radius 1 is 1.57 bits per heavy atom. The predicted molar refractivity (Wildman–Crippen MR) is 52.7 cm³/mol. The van der Waals surface area contributed by atoms with Gasteiger partial charge in [0.25, 0.3) is 0 Å². The number of nitrogens with two attached hydrogens (primary N) is 1. The van der Waals surface area contributed by atoms with Gasteiger partial charge in [0, 0.05) is 19.3 Å². The Labute approximate surface area is 84.2 Å². The van der Waals surface area contributed by atoms with Crippen LogP contribution >= 0.6 is 0 Å². The van der Waals surface area contributed by atoms with Crippen LogP contribution in [0.1, 0.15) is 26.2 Å². The summed E-state index contributed by atoms with van der Waals surface area (Å²) in [5, 5.41) is 3.28. The summed E-state index contributed by atoms with van der Waals surface area (Å²) in [5.74, 6) is -0.265. The summed E-state index contributed by atoms with van der Waals surface area (Å²) in [6, 6.07) is 0.274. The van der Waals surface area contributed by atoms with Crippen LogP contribution in [0.4, 0.5) is 0 Å². The number of amides is 1. The minimum Gasteiger partial charge on any atom is -0.381 e. The van der Waals surface area contributed by atoms with Crippen molar-refractivity contribution in [3.63, 3.8) is 0 Å². The summed E-state index contributed by atoms with van der Waals surface area (Å²) in [7, 11) is 0. The van der Waals surface area contributed by atoms with Gasteiger partial charge in [0.2, 0.25) is 5.91 Å². The predicted octanol–water partition coefficient (Wildman–Crippen LogP) is 0.0189. The lowest BCUT2D eigenvalue weighted by Crippen LogP contribution is -2.42. The number of hydrogen-bond acceptors (Lipinski definition) is 3. The van der Waals surface area contributed by atoms with Crippen LogP contribution in [0.15, 0.2) is 0 Å². The highest BCUT2D eigenvalue weighted by molar-refractivity contribution is 5.79. The molecule has 1 spiro atoms. The van der Waals surface area contributed by atoms with E-state index in [0.717, 1.165) is 26.1 Å². The second-order valence-electron chi connectivity index (χ2n) is 4.52. The zero-order valence-corrected chi connectivity index (χ0v) is 8.58. The van der Waals surface area contributed by atoms with Crippen LogP contribution in [-0.4, -0.2) is 31.2 Å². The molecule has 1 saturated heterocycles. The van der Waals surface area contributed by atoms with Gasteiger partial charge in [-0.1, -0.05) is 0 Å². The van der Waals surface area contributed by atoms with Crippen LogP contribution in [-0.2, 0) is 9.53 Å². The smallest absolute Gasteiger partial charge is 0.234 e. The second kappa shape index (κ2) is 3.51. The number of carbonyl (C=O) groups is 1. The molecule has 1 amide bonds. The average molecular weight is 198 g/mol. The quantitative estimate of drug-likeness (QED) is 0.672. The van der Waals surface area contributed by atoms with Crippen molar-refractivity contribution < 1.29 is 9.53 Å². The Kier molecular flexibility index (Phi) is 2.49. The monoisotopic (exact) mass is 198 g/mol. The molecule has 2 unspecified atom stereocenters. The molecule has 14 heavy (non-hydrogen) atoms. The zero-order valence-electron chi connectivity index (χ0n) is 8.58. The van der Waals surface area contributed by atoms with Gasteiger partial charge >= 0.3 is 0 Å². The molecular weight excluding hydrogens is 180 g/mol. The van der Waals surface area contributed by atoms with Crippen LogP contribution < -0.4 is 11.1 Å². The van der Waals surface area contributed by atoms with E-state index in [0.29, 0.717) is 11.5 Å². The fourth-order valence-corrected chi connectivity index (χ4v) is 2.30. The minimum absolute atomic E-state index is 0.206. The number of carbonyl (C=O) groups excluding carboxylic acids is 1. The molecule has 0 radical (unpaired) electrons. The van der Waals surface area contributed by atoms with E-state index in [1.165, 1.54) is 6.42 Å². The van der Waals surface area contributed by atoms with E-state index in [1.807, 2.05) is 6.92 Å². The van der Waals surface area contributed by atoms with E-state index in [4.69, 9.17) is 10.5 Å². The number of nitrogens with one attached hydrogen (secondary N) is 1. The van der Waals surface area contributed by atoms with Gasteiger partial charge < -0.3 is 15.8 Å². The lowest BCUT2D eigenvalue weighted by Gasteiger charge is -2.23. The van der Waals surface area contributed by atoms with Crippen molar-refractivity contribution in [1.29, 1.82) is 0 Å². The van der Waals surface area contributed by atoms with Gasteiger partial charge in [-0.25, -0.2) is 0 Å². The highest BCUT2D eigenvalue weighted by Gasteiger charge is 2.54. The fourth-order valence-electron chi connectivity index (χ4n) is 2.30. The molecular formula is C10H18N2O2. The van der Waals surface area contributed by atoms with Gasteiger partial charge in [-0.15, -0.1) is 0 Å². The third-order valence-corrected chi connectivity index (χ3v) is 3.56. The second-order valence-corrected chi connectivity index (χ2v) is 4.52. The standard InChI is InChI=1S/C10H18N2O2/c1-7(9(11)13)12-8-6-10(8)2-4-14-5-3-10/h7-8,12H,2-6H2,1H3,(H2,11,13). The summed E-state index contributed by atoms with van der Waals surface area (Å²) in [5.41, 5.74) is 5.62. The van der Waals surface area contributed by atoms with E-state index in [2.05, 4.69) is 5.32 Å². The van der Waals surface area contributed by atoms with E-state index >= 15 is 0 Å². The van der Waals surface area contributed by atoms with Crippen molar-refractivity contribution in [2.24, 2.45) is 11.1 Å². The first kappa shape index (κ1) is 9.93. The highest BCUT2D eigenvalue weighted by atomic mass is 16.5. The fraction of sp³-hybridized carbons (Fsp3) is 0.900. The average Bonchev–Trinajstić information content (AvgIpc) is 2.79. The molecule has 1 aliphatic heterocycles.